The molecular weight excluding hydrogens is 266 g/mol. The molecule has 1 atom stereocenters. The first-order chi connectivity index (χ1) is 9.57. The Bertz CT molecular complexity index is 331. The summed E-state index contributed by atoms with van der Waals surface area (Å²) in [6.45, 7) is 15.6. The highest BCUT2D eigenvalue weighted by atomic mass is 16.6. The molecule has 2 N–H and O–H groups in total. The Morgan fingerprint density at radius 1 is 1.19 bits per heavy atom. The number of rotatable bonds is 4. The van der Waals surface area contributed by atoms with Gasteiger partial charge < -0.3 is 20.3 Å². The van der Waals surface area contributed by atoms with Gasteiger partial charge in [-0.2, -0.15) is 0 Å². The Hall–Kier alpha value is -0.810. The summed E-state index contributed by atoms with van der Waals surface area (Å²) in [5.74, 6) is 0. The van der Waals surface area contributed by atoms with E-state index in [-0.39, 0.29) is 11.6 Å². The first kappa shape index (κ1) is 18.2. The minimum Gasteiger partial charge on any atom is -0.444 e. The first-order valence-electron chi connectivity index (χ1n) is 8.03. The van der Waals surface area contributed by atoms with Gasteiger partial charge in [-0.15, -0.1) is 0 Å². The van der Waals surface area contributed by atoms with E-state index in [0.717, 1.165) is 39.0 Å². The van der Waals surface area contributed by atoms with Gasteiger partial charge in [0.15, 0.2) is 0 Å². The number of nitrogens with one attached hydrogen (secondary N) is 2. The molecule has 1 aliphatic heterocycles. The smallest absolute Gasteiger partial charge is 0.410 e. The van der Waals surface area contributed by atoms with Crippen molar-refractivity contribution >= 4 is 6.09 Å². The fourth-order valence-corrected chi connectivity index (χ4v) is 2.35. The van der Waals surface area contributed by atoms with Gasteiger partial charge in [-0.3, -0.25) is 0 Å². The Kier molecular flexibility index (Phi) is 6.47. The molecule has 21 heavy (non-hydrogen) atoms. The first-order valence-corrected chi connectivity index (χ1v) is 8.03. The van der Waals surface area contributed by atoms with Crippen LogP contribution in [0.5, 0.6) is 0 Å². The molecule has 1 rings (SSSR count). The molecular formula is C16H33N3O2. The molecule has 0 saturated carbocycles. The van der Waals surface area contributed by atoms with Crippen molar-refractivity contribution in [2.45, 2.75) is 71.6 Å². The van der Waals surface area contributed by atoms with Crippen LogP contribution in [0.15, 0.2) is 0 Å². The van der Waals surface area contributed by atoms with Gasteiger partial charge in [0.25, 0.3) is 0 Å². The average molecular weight is 299 g/mol. The molecule has 5 heteroatoms. The summed E-state index contributed by atoms with van der Waals surface area (Å²) >= 11 is 0. The van der Waals surface area contributed by atoms with Crippen LogP contribution in [0, 0.1) is 0 Å². The van der Waals surface area contributed by atoms with Gasteiger partial charge in [0.2, 0.25) is 0 Å². The molecule has 0 radical (unpaired) electrons. The van der Waals surface area contributed by atoms with Crippen LogP contribution in [0.1, 0.15) is 54.4 Å². The Morgan fingerprint density at radius 3 is 2.43 bits per heavy atom. The predicted molar refractivity (Wildman–Crippen MR) is 86.6 cm³/mol. The van der Waals surface area contributed by atoms with Crippen molar-refractivity contribution in [3.8, 4) is 0 Å². The number of likely N-dealkylation sites (tertiary alicyclic amines) is 1. The quantitative estimate of drug-likeness (QED) is 0.783. The summed E-state index contributed by atoms with van der Waals surface area (Å²) in [7, 11) is 0. The van der Waals surface area contributed by atoms with Crippen LogP contribution in [0.4, 0.5) is 4.79 Å². The third-order valence-electron chi connectivity index (χ3n) is 3.29. The van der Waals surface area contributed by atoms with Crippen LogP contribution >= 0.6 is 0 Å². The lowest BCUT2D eigenvalue weighted by molar-refractivity contribution is 0.0188. The molecule has 1 fully saturated rings. The van der Waals surface area contributed by atoms with Crippen molar-refractivity contribution in [1.29, 1.82) is 0 Å². The number of hydrogen-bond donors (Lipinski definition) is 2. The largest absolute Gasteiger partial charge is 0.444 e. The van der Waals surface area contributed by atoms with E-state index in [0.29, 0.717) is 6.04 Å². The normalized spacial score (nSPS) is 20.5. The number of amides is 1. The second kappa shape index (κ2) is 7.45. The van der Waals surface area contributed by atoms with E-state index < -0.39 is 5.60 Å². The number of hydrogen-bond acceptors (Lipinski definition) is 4. The molecule has 1 aliphatic rings. The second-order valence-electron chi connectivity index (χ2n) is 7.90. The third kappa shape index (κ3) is 8.27. The third-order valence-corrected chi connectivity index (χ3v) is 3.29. The summed E-state index contributed by atoms with van der Waals surface area (Å²) in [5, 5.41) is 6.99. The van der Waals surface area contributed by atoms with Gasteiger partial charge in [0, 0.05) is 37.8 Å². The molecule has 0 aromatic heterocycles. The zero-order chi connectivity index (χ0) is 16.1. The van der Waals surface area contributed by atoms with E-state index in [1.165, 1.54) is 0 Å². The van der Waals surface area contributed by atoms with E-state index >= 15 is 0 Å². The predicted octanol–water partition coefficient (Wildman–Crippen LogP) is 2.36. The summed E-state index contributed by atoms with van der Waals surface area (Å²) in [4.78, 5) is 13.9. The Labute approximate surface area is 129 Å². The number of carbonyl (C=O) groups excluding carboxylic acids is 1. The van der Waals surface area contributed by atoms with Gasteiger partial charge in [0.05, 0.1) is 0 Å². The highest BCUT2D eigenvalue weighted by Crippen LogP contribution is 2.15. The fraction of sp³-hybridized carbons (Fsp3) is 0.938. The number of piperidine rings is 1. The maximum atomic E-state index is 12.1. The SMILES string of the molecule is CC(C)(C)NCCNC1CCCN(C(=O)OC(C)(C)C)C1. The molecule has 0 bridgehead atoms. The maximum absolute atomic E-state index is 12.1. The van der Waals surface area contributed by atoms with Crippen molar-refractivity contribution < 1.29 is 9.53 Å². The van der Waals surface area contributed by atoms with Crippen molar-refractivity contribution in [1.82, 2.24) is 15.5 Å². The summed E-state index contributed by atoms with van der Waals surface area (Å²) < 4.78 is 5.44. The average Bonchev–Trinajstić information content (AvgIpc) is 2.32. The summed E-state index contributed by atoms with van der Waals surface area (Å²) in [6, 6.07) is 0.369. The highest BCUT2D eigenvalue weighted by Gasteiger charge is 2.27. The zero-order valence-electron chi connectivity index (χ0n) is 14.6. The lowest BCUT2D eigenvalue weighted by Gasteiger charge is -2.34. The molecule has 0 aromatic rings. The van der Waals surface area contributed by atoms with Crippen molar-refractivity contribution in [3.63, 3.8) is 0 Å². The van der Waals surface area contributed by atoms with Crippen LogP contribution in [0.25, 0.3) is 0 Å². The molecule has 0 aromatic carbocycles. The van der Waals surface area contributed by atoms with Gasteiger partial charge in [-0.25, -0.2) is 4.79 Å². The molecule has 124 valence electrons. The van der Waals surface area contributed by atoms with Crippen LogP contribution in [0.2, 0.25) is 0 Å². The molecule has 1 heterocycles. The minimum absolute atomic E-state index is 0.150. The van der Waals surface area contributed by atoms with Gasteiger partial charge in [-0.1, -0.05) is 0 Å². The molecule has 1 saturated heterocycles. The van der Waals surface area contributed by atoms with Crippen LogP contribution < -0.4 is 10.6 Å². The van der Waals surface area contributed by atoms with E-state index in [1.54, 1.807) is 0 Å². The maximum Gasteiger partial charge on any atom is 0.410 e. The lowest BCUT2D eigenvalue weighted by atomic mass is 10.1. The van der Waals surface area contributed by atoms with Crippen LogP contribution in [0.3, 0.4) is 0 Å². The molecule has 5 nitrogen and oxygen atoms in total. The van der Waals surface area contributed by atoms with E-state index in [1.807, 2.05) is 25.7 Å². The standard InChI is InChI=1S/C16H33N3O2/c1-15(2,3)18-10-9-17-13-8-7-11-19(12-13)14(20)21-16(4,5)6/h13,17-18H,7-12H2,1-6H3. The molecule has 1 unspecified atom stereocenters. The van der Waals surface area contributed by atoms with Gasteiger partial charge in [0.1, 0.15) is 5.60 Å². The number of ether oxygens (including phenoxy) is 1. The number of carbonyl (C=O) groups is 1. The van der Waals surface area contributed by atoms with E-state index in [2.05, 4.69) is 31.4 Å². The van der Waals surface area contributed by atoms with E-state index in [9.17, 15) is 4.79 Å². The minimum atomic E-state index is -0.423. The molecule has 1 amide bonds. The lowest BCUT2D eigenvalue weighted by Crippen LogP contribution is -2.51. The van der Waals surface area contributed by atoms with Crippen molar-refractivity contribution in [3.05, 3.63) is 0 Å². The van der Waals surface area contributed by atoms with Crippen molar-refractivity contribution in [2.75, 3.05) is 26.2 Å². The van der Waals surface area contributed by atoms with Gasteiger partial charge in [-0.05, 0) is 54.4 Å². The molecule has 0 spiro atoms. The Morgan fingerprint density at radius 2 is 1.86 bits per heavy atom. The highest BCUT2D eigenvalue weighted by molar-refractivity contribution is 5.68. The summed E-state index contributed by atoms with van der Waals surface area (Å²) in [5.41, 5.74) is -0.273. The van der Waals surface area contributed by atoms with E-state index in [4.69, 9.17) is 4.74 Å². The van der Waals surface area contributed by atoms with Crippen LogP contribution in [-0.4, -0.2) is 54.4 Å². The fourth-order valence-electron chi connectivity index (χ4n) is 2.35. The van der Waals surface area contributed by atoms with Crippen molar-refractivity contribution in [2.24, 2.45) is 0 Å². The van der Waals surface area contributed by atoms with Crippen LogP contribution in [-0.2, 0) is 4.74 Å². The Balaban J connectivity index is 2.30. The second-order valence-corrected chi connectivity index (χ2v) is 7.90. The molecule has 0 aliphatic carbocycles. The zero-order valence-corrected chi connectivity index (χ0v) is 14.6. The number of nitrogens with zero attached hydrogens (tertiary/aromatic N) is 1. The monoisotopic (exact) mass is 299 g/mol. The topological polar surface area (TPSA) is 53.6 Å². The summed E-state index contributed by atoms with van der Waals surface area (Å²) in [6.07, 6.45) is 1.96. The van der Waals surface area contributed by atoms with Gasteiger partial charge >= 0.3 is 6.09 Å².